The summed E-state index contributed by atoms with van der Waals surface area (Å²) in [4.78, 5) is 22.5. The van der Waals surface area contributed by atoms with E-state index in [9.17, 15) is 9.59 Å². The fourth-order valence-electron chi connectivity index (χ4n) is 1.56. The van der Waals surface area contributed by atoms with Gasteiger partial charge in [0.2, 0.25) is 0 Å². The van der Waals surface area contributed by atoms with E-state index in [1.807, 2.05) is 0 Å². The first-order valence-corrected chi connectivity index (χ1v) is 7.11. The number of hydrogen-bond acceptors (Lipinski definition) is 6. The normalized spacial score (nSPS) is 15.2. The lowest BCUT2D eigenvalue weighted by Gasteiger charge is -2.19. The Kier molecular flexibility index (Phi) is 10.0. The number of carbonyl (C=O) groups excluding carboxylic acids is 2. The highest BCUT2D eigenvalue weighted by molar-refractivity contribution is 5.74. The molecule has 0 heterocycles. The molecule has 0 amide bonds. The van der Waals surface area contributed by atoms with E-state index in [1.54, 1.807) is 0 Å². The molecule has 0 aromatic rings. The summed E-state index contributed by atoms with van der Waals surface area (Å²) in [7, 11) is 0. The van der Waals surface area contributed by atoms with Gasteiger partial charge in [-0.2, -0.15) is 0 Å². The SMILES string of the molecule is CCCCCC(CCOC(=O)C(C)O)OC(=O)C(C)O. The molecule has 0 rings (SSSR count). The molecule has 0 bridgehead atoms. The van der Waals surface area contributed by atoms with Gasteiger partial charge in [0.25, 0.3) is 0 Å². The van der Waals surface area contributed by atoms with E-state index in [4.69, 9.17) is 19.7 Å². The van der Waals surface area contributed by atoms with Crippen molar-refractivity contribution in [3.8, 4) is 0 Å². The second-order valence-corrected chi connectivity index (χ2v) is 4.86. The Labute approximate surface area is 120 Å². The van der Waals surface area contributed by atoms with E-state index >= 15 is 0 Å². The van der Waals surface area contributed by atoms with E-state index in [-0.39, 0.29) is 12.7 Å². The summed E-state index contributed by atoms with van der Waals surface area (Å²) in [5.74, 6) is -1.37. The Morgan fingerprint density at radius 3 is 2.10 bits per heavy atom. The van der Waals surface area contributed by atoms with Crippen LogP contribution in [-0.2, 0) is 19.1 Å². The lowest BCUT2D eigenvalue weighted by Crippen LogP contribution is -2.28. The van der Waals surface area contributed by atoms with Gasteiger partial charge in [0.05, 0.1) is 6.61 Å². The summed E-state index contributed by atoms with van der Waals surface area (Å²) in [6.45, 7) is 4.82. The number of aliphatic hydroxyl groups excluding tert-OH is 2. The molecule has 2 N–H and O–H groups in total. The number of aliphatic hydroxyl groups is 2. The molecule has 0 aromatic heterocycles. The molecule has 0 aromatic carbocycles. The third-order valence-electron chi connectivity index (χ3n) is 2.78. The van der Waals surface area contributed by atoms with Crippen molar-refractivity contribution in [2.24, 2.45) is 0 Å². The average Bonchev–Trinajstić information content (AvgIpc) is 2.38. The van der Waals surface area contributed by atoms with Gasteiger partial charge in [-0.05, 0) is 26.7 Å². The predicted molar refractivity (Wildman–Crippen MR) is 73.0 cm³/mol. The van der Waals surface area contributed by atoms with Crippen molar-refractivity contribution in [3.63, 3.8) is 0 Å². The number of unbranched alkanes of at least 4 members (excludes halogenated alkanes) is 2. The fourth-order valence-corrected chi connectivity index (χ4v) is 1.56. The van der Waals surface area contributed by atoms with Crippen molar-refractivity contribution < 1.29 is 29.3 Å². The van der Waals surface area contributed by atoms with Crippen LogP contribution in [0.2, 0.25) is 0 Å². The molecular formula is C14H26O6. The van der Waals surface area contributed by atoms with Gasteiger partial charge in [-0.3, -0.25) is 0 Å². The third-order valence-corrected chi connectivity index (χ3v) is 2.78. The van der Waals surface area contributed by atoms with Gasteiger partial charge in [-0.1, -0.05) is 19.8 Å². The van der Waals surface area contributed by atoms with Crippen LogP contribution in [0.4, 0.5) is 0 Å². The van der Waals surface area contributed by atoms with Crippen molar-refractivity contribution in [2.45, 2.75) is 71.2 Å². The molecule has 0 fully saturated rings. The highest BCUT2D eigenvalue weighted by atomic mass is 16.6. The first-order valence-electron chi connectivity index (χ1n) is 7.11. The van der Waals surface area contributed by atoms with Crippen molar-refractivity contribution in [2.75, 3.05) is 6.61 Å². The van der Waals surface area contributed by atoms with Crippen molar-refractivity contribution in [3.05, 3.63) is 0 Å². The van der Waals surface area contributed by atoms with Crippen molar-refractivity contribution >= 4 is 11.9 Å². The molecule has 0 saturated carbocycles. The van der Waals surface area contributed by atoms with Gasteiger partial charge in [0, 0.05) is 6.42 Å². The quantitative estimate of drug-likeness (QED) is 0.463. The van der Waals surface area contributed by atoms with Gasteiger partial charge in [0.1, 0.15) is 18.3 Å². The van der Waals surface area contributed by atoms with Crippen LogP contribution in [0.15, 0.2) is 0 Å². The molecule has 0 aliphatic heterocycles. The van der Waals surface area contributed by atoms with Gasteiger partial charge in [0.15, 0.2) is 0 Å². The minimum absolute atomic E-state index is 0.0770. The van der Waals surface area contributed by atoms with Gasteiger partial charge in [-0.15, -0.1) is 0 Å². The first-order chi connectivity index (χ1) is 9.38. The topological polar surface area (TPSA) is 93.1 Å². The molecule has 0 saturated heterocycles. The number of hydrogen-bond donors (Lipinski definition) is 2. The molecule has 3 unspecified atom stereocenters. The monoisotopic (exact) mass is 290 g/mol. The zero-order chi connectivity index (χ0) is 15.5. The third kappa shape index (κ3) is 8.87. The number of ether oxygens (including phenoxy) is 2. The lowest BCUT2D eigenvalue weighted by molar-refractivity contribution is -0.161. The van der Waals surface area contributed by atoms with E-state index < -0.39 is 24.1 Å². The second kappa shape index (κ2) is 10.6. The summed E-state index contributed by atoms with van der Waals surface area (Å²) < 4.78 is 10.00. The van der Waals surface area contributed by atoms with E-state index in [0.717, 1.165) is 19.3 Å². The minimum Gasteiger partial charge on any atom is -0.464 e. The molecule has 0 radical (unpaired) electrons. The van der Waals surface area contributed by atoms with Crippen LogP contribution in [-0.4, -0.2) is 47.1 Å². The van der Waals surface area contributed by atoms with E-state index in [2.05, 4.69) is 6.92 Å². The molecule has 6 heteroatoms. The summed E-state index contributed by atoms with van der Waals surface area (Å²) in [5.41, 5.74) is 0. The van der Waals surface area contributed by atoms with Crippen LogP contribution in [0.3, 0.4) is 0 Å². The summed E-state index contributed by atoms with van der Waals surface area (Å²) in [6, 6.07) is 0. The standard InChI is InChI=1S/C14H26O6/c1-4-5-6-7-12(20-14(18)11(3)16)8-9-19-13(17)10(2)15/h10-12,15-16H,4-9H2,1-3H3. The highest BCUT2D eigenvalue weighted by Crippen LogP contribution is 2.12. The molecule has 0 spiro atoms. The Bertz CT molecular complexity index is 287. The van der Waals surface area contributed by atoms with Crippen LogP contribution >= 0.6 is 0 Å². The Hall–Kier alpha value is -1.14. The van der Waals surface area contributed by atoms with Gasteiger partial charge in [-0.25, -0.2) is 9.59 Å². The fraction of sp³-hybridized carbons (Fsp3) is 0.857. The highest BCUT2D eigenvalue weighted by Gasteiger charge is 2.19. The molecule has 3 atom stereocenters. The Morgan fingerprint density at radius 2 is 1.60 bits per heavy atom. The maximum Gasteiger partial charge on any atom is 0.334 e. The van der Waals surface area contributed by atoms with Gasteiger partial charge < -0.3 is 19.7 Å². The maximum atomic E-state index is 11.4. The molecule has 20 heavy (non-hydrogen) atoms. The summed E-state index contributed by atoms with van der Waals surface area (Å²) >= 11 is 0. The predicted octanol–water partition coefficient (Wildman–Crippen LogP) is 1.17. The summed E-state index contributed by atoms with van der Waals surface area (Å²) in [5, 5.41) is 18.1. The first kappa shape index (κ1) is 18.9. The zero-order valence-electron chi connectivity index (χ0n) is 12.5. The van der Waals surface area contributed by atoms with Crippen LogP contribution in [0.25, 0.3) is 0 Å². The van der Waals surface area contributed by atoms with Gasteiger partial charge >= 0.3 is 11.9 Å². The second-order valence-electron chi connectivity index (χ2n) is 4.86. The smallest absolute Gasteiger partial charge is 0.334 e. The Balaban J connectivity index is 4.16. The van der Waals surface area contributed by atoms with Crippen LogP contribution in [0, 0.1) is 0 Å². The minimum atomic E-state index is -1.16. The molecular weight excluding hydrogens is 264 g/mol. The van der Waals surface area contributed by atoms with E-state index in [1.165, 1.54) is 13.8 Å². The molecule has 118 valence electrons. The van der Waals surface area contributed by atoms with Crippen LogP contribution in [0.5, 0.6) is 0 Å². The number of esters is 2. The maximum absolute atomic E-state index is 11.4. The largest absolute Gasteiger partial charge is 0.464 e. The Morgan fingerprint density at radius 1 is 1.00 bits per heavy atom. The van der Waals surface area contributed by atoms with Crippen LogP contribution in [0.1, 0.15) is 52.9 Å². The van der Waals surface area contributed by atoms with E-state index in [0.29, 0.717) is 12.8 Å². The van der Waals surface area contributed by atoms with Crippen molar-refractivity contribution in [1.82, 2.24) is 0 Å². The van der Waals surface area contributed by atoms with Crippen molar-refractivity contribution in [1.29, 1.82) is 0 Å². The summed E-state index contributed by atoms with van der Waals surface area (Å²) in [6.07, 6.45) is 1.30. The lowest BCUT2D eigenvalue weighted by atomic mass is 10.1. The van der Waals surface area contributed by atoms with Crippen LogP contribution < -0.4 is 0 Å². The molecule has 0 aliphatic rings. The zero-order valence-corrected chi connectivity index (χ0v) is 12.5. The average molecular weight is 290 g/mol. The molecule has 0 aliphatic carbocycles. The number of rotatable bonds is 10. The molecule has 6 nitrogen and oxygen atoms in total. The number of carbonyl (C=O) groups is 2.